The van der Waals surface area contributed by atoms with Crippen molar-refractivity contribution >= 4 is 34.8 Å². The van der Waals surface area contributed by atoms with Crippen LogP contribution in [-0.4, -0.2) is 39.7 Å². The van der Waals surface area contributed by atoms with E-state index in [0.29, 0.717) is 10.6 Å². The smallest absolute Gasteiger partial charge is 0.438 e. The van der Waals surface area contributed by atoms with Gasteiger partial charge in [-0.3, -0.25) is 4.79 Å². The van der Waals surface area contributed by atoms with E-state index in [1.165, 1.54) is 25.1 Å². The summed E-state index contributed by atoms with van der Waals surface area (Å²) in [5, 5.41) is 14.7. The number of carbonyl (C=O) groups is 1. The Morgan fingerprint density at radius 1 is 1.23 bits per heavy atom. The van der Waals surface area contributed by atoms with Crippen LogP contribution < -0.4 is 4.74 Å². The number of hydrogen-bond acceptors (Lipinski definition) is 4. The molecule has 2 aromatic carbocycles. The molecule has 5 nitrogen and oxygen atoms in total. The first-order chi connectivity index (χ1) is 13.9. The van der Waals surface area contributed by atoms with Gasteiger partial charge in [-0.05, 0) is 37.6 Å². The van der Waals surface area contributed by atoms with Gasteiger partial charge >= 0.3 is 6.18 Å². The van der Waals surface area contributed by atoms with E-state index < -0.39 is 30.3 Å². The second kappa shape index (κ2) is 8.09. The fourth-order valence-corrected chi connectivity index (χ4v) is 3.34. The molecule has 0 saturated carbocycles. The summed E-state index contributed by atoms with van der Waals surface area (Å²) < 4.78 is 46.5. The van der Waals surface area contributed by atoms with Crippen molar-refractivity contribution < 1.29 is 27.8 Å². The lowest BCUT2D eigenvalue weighted by Gasteiger charge is -2.33. The molecule has 0 fully saturated rings. The molecule has 1 N–H and O–H groups in total. The number of nitrogens with zero attached hydrogens (tertiary/aromatic N) is 2. The summed E-state index contributed by atoms with van der Waals surface area (Å²) >= 11 is 11.8. The van der Waals surface area contributed by atoms with Crippen molar-refractivity contribution in [3.63, 3.8) is 0 Å². The Hall–Kier alpha value is -2.29. The molecule has 0 radical (unpaired) electrons. The summed E-state index contributed by atoms with van der Waals surface area (Å²) in [5.41, 5.74) is -2.29. The summed E-state index contributed by atoms with van der Waals surface area (Å²) in [5.74, 6) is -1.12. The highest BCUT2D eigenvalue weighted by molar-refractivity contribution is 6.35. The molecule has 1 amide bonds. The topological polar surface area (TPSA) is 62.1 Å². The number of hydrogen-bond donors (Lipinski definition) is 1. The molecule has 3 rings (SSSR count). The zero-order valence-corrected chi connectivity index (χ0v) is 17.4. The third-order valence-electron chi connectivity index (χ3n) is 4.58. The average molecular weight is 461 g/mol. The number of alkyl halides is 3. The summed E-state index contributed by atoms with van der Waals surface area (Å²) in [6.45, 7) is 3.06. The number of aliphatic hydroxyl groups is 1. The van der Waals surface area contributed by atoms with Gasteiger partial charge in [0.15, 0.2) is 6.10 Å². The minimum atomic E-state index is -5.14. The molecule has 0 unspecified atom stereocenters. The fourth-order valence-electron chi connectivity index (χ4n) is 2.89. The lowest BCUT2D eigenvalue weighted by Crippen LogP contribution is -2.58. The number of rotatable bonds is 4. The number of benzene rings is 2. The van der Waals surface area contributed by atoms with Crippen molar-refractivity contribution in [3.8, 4) is 5.75 Å². The van der Waals surface area contributed by atoms with Crippen LogP contribution in [0.4, 0.5) is 13.2 Å². The first-order valence-electron chi connectivity index (χ1n) is 8.82. The SMILES string of the molecule is Cc1ccc(C2=NN(C(=O)[C@H](C)Oc3ccc(Cl)cc3Cl)[C@](O)(C(F)(F)F)C2)cc1. The standard InChI is InChI=1S/C20H17Cl2F3N2O3/c1-11-3-5-13(6-4-11)16-10-19(29,20(23,24)25)27(26-16)18(28)12(2)30-17-8-7-14(21)9-15(17)22/h3-9,12,29H,10H2,1-2H3/t12-,19+/m0/s1. The number of amides is 1. The molecule has 160 valence electrons. The molecule has 1 aliphatic rings. The highest BCUT2D eigenvalue weighted by Crippen LogP contribution is 2.42. The highest BCUT2D eigenvalue weighted by Gasteiger charge is 2.63. The first-order valence-corrected chi connectivity index (χ1v) is 9.57. The molecule has 0 aromatic heterocycles. The van der Waals surface area contributed by atoms with Crippen LogP contribution in [0.25, 0.3) is 0 Å². The minimum Gasteiger partial charge on any atom is -0.479 e. The van der Waals surface area contributed by atoms with Crippen LogP contribution in [0, 0.1) is 6.92 Å². The normalized spacial score (nSPS) is 20.1. The van der Waals surface area contributed by atoms with Gasteiger partial charge in [0.1, 0.15) is 5.75 Å². The van der Waals surface area contributed by atoms with Gasteiger partial charge in [-0.15, -0.1) is 0 Å². The number of ether oxygens (including phenoxy) is 1. The molecule has 0 saturated heterocycles. The second-order valence-electron chi connectivity index (χ2n) is 6.89. The van der Waals surface area contributed by atoms with Gasteiger partial charge < -0.3 is 9.84 Å². The molecule has 0 spiro atoms. The molecule has 2 atom stereocenters. The van der Waals surface area contributed by atoms with Gasteiger partial charge in [0.2, 0.25) is 0 Å². The van der Waals surface area contributed by atoms with E-state index in [1.54, 1.807) is 24.3 Å². The van der Waals surface area contributed by atoms with Gasteiger partial charge in [0, 0.05) is 5.02 Å². The summed E-state index contributed by atoms with van der Waals surface area (Å²) in [6.07, 6.45) is -7.46. The van der Waals surface area contributed by atoms with Crippen molar-refractivity contribution in [2.45, 2.75) is 38.3 Å². The van der Waals surface area contributed by atoms with Crippen LogP contribution >= 0.6 is 23.2 Å². The van der Waals surface area contributed by atoms with E-state index in [0.717, 1.165) is 5.56 Å². The molecule has 1 aliphatic heterocycles. The van der Waals surface area contributed by atoms with Crippen molar-refractivity contribution in [1.29, 1.82) is 0 Å². The molecule has 1 heterocycles. The van der Waals surface area contributed by atoms with E-state index in [2.05, 4.69) is 5.10 Å². The maximum Gasteiger partial charge on any atom is 0.438 e. The lowest BCUT2D eigenvalue weighted by atomic mass is 10.00. The Kier molecular flexibility index (Phi) is 6.04. The Labute approximate surface area is 180 Å². The van der Waals surface area contributed by atoms with Gasteiger partial charge in [-0.25, -0.2) is 0 Å². The first kappa shape index (κ1) is 22.4. The molecule has 30 heavy (non-hydrogen) atoms. The molecular formula is C20H17Cl2F3N2O3. The van der Waals surface area contributed by atoms with E-state index in [1.807, 2.05) is 6.92 Å². The van der Waals surface area contributed by atoms with Crippen LogP contribution in [-0.2, 0) is 4.79 Å². The minimum absolute atomic E-state index is 0.0384. The van der Waals surface area contributed by atoms with Crippen molar-refractivity contribution in [2.75, 3.05) is 0 Å². The Morgan fingerprint density at radius 2 is 1.87 bits per heavy atom. The van der Waals surface area contributed by atoms with Crippen molar-refractivity contribution in [2.24, 2.45) is 5.10 Å². The molecule has 2 aromatic rings. The third kappa shape index (κ3) is 4.26. The number of halogens is 5. The Morgan fingerprint density at radius 3 is 2.43 bits per heavy atom. The van der Waals surface area contributed by atoms with E-state index in [-0.39, 0.29) is 21.5 Å². The van der Waals surface area contributed by atoms with Crippen LogP contribution in [0.15, 0.2) is 47.6 Å². The molecule has 10 heteroatoms. The van der Waals surface area contributed by atoms with Crippen molar-refractivity contribution in [3.05, 3.63) is 63.6 Å². The van der Waals surface area contributed by atoms with E-state index in [4.69, 9.17) is 27.9 Å². The fraction of sp³-hybridized carbons (Fsp3) is 0.300. The predicted molar refractivity (Wildman–Crippen MR) is 107 cm³/mol. The summed E-state index contributed by atoms with van der Waals surface area (Å²) in [7, 11) is 0. The van der Waals surface area contributed by atoms with Crippen molar-refractivity contribution in [1.82, 2.24) is 5.01 Å². The van der Waals surface area contributed by atoms with Crippen LogP contribution in [0.2, 0.25) is 10.0 Å². The second-order valence-corrected chi connectivity index (χ2v) is 7.73. The van der Waals surface area contributed by atoms with Crippen LogP contribution in [0.1, 0.15) is 24.5 Å². The predicted octanol–water partition coefficient (Wildman–Crippen LogP) is 4.96. The molecular weight excluding hydrogens is 444 g/mol. The quantitative estimate of drug-likeness (QED) is 0.701. The van der Waals surface area contributed by atoms with Gasteiger partial charge in [0.25, 0.3) is 11.6 Å². The van der Waals surface area contributed by atoms with Gasteiger partial charge in [-0.1, -0.05) is 53.0 Å². The van der Waals surface area contributed by atoms with E-state index >= 15 is 0 Å². The highest BCUT2D eigenvalue weighted by atomic mass is 35.5. The number of hydrazone groups is 1. The van der Waals surface area contributed by atoms with Crippen LogP contribution in [0.3, 0.4) is 0 Å². The zero-order valence-electron chi connectivity index (χ0n) is 15.9. The van der Waals surface area contributed by atoms with E-state index in [9.17, 15) is 23.1 Å². The summed E-state index contributed by atoms with van der Waals surface area (Å²) in [4.78, 5) is 12.8. The molecule has 0 bridgehead atoms. The Balaban J connectivity index is 1.92. The van der Waals surface area contributed by atoms with Gasteiger partial charge in [-0.2, -0.15) is 23.3 Å². The largest absolute Gasteiger partial charge is 0.479 e. The third-order valence-corrected chi connectivity index (χ3v) is 5.11. The zero-order chi connectivity index (χ0) is 22.3. The van der Waals surface area contributed by atoms with Crippen LogP contribution in [0.5, 0.6) is 5.75 Å². The van der Waals surface area contributed by atoms with Gasteiger partial charge in [0.05, 0.1) is 17.2 Å². The molecule has 0 aliphatic carbocycles. The number of aryl methyl sites for hydroxylation is 1. The lowest BCUT2D eigenvalue weighted by molar-refractivity contribution is -0.303. The number of carbonyl (C=O) groups excluding carboxylic acids is 1. The summed E-state index contributed by atoms with van der Waals surface area (Å²) in [6, 6.07) is 10.8. The maximum absolute atomic E-state index is 13.7. The monoisotopic (exact) mass is 460 g/mol. The average Bonchev–Trinajstić information content (AvgIpc) is 3.02. The maximum atomic E-state index is 13.7. The Bertz CT molecular complexity index is 996.